The number of nitrogens with zero attached hydrogens (tertiary/aromatic N) is 9. The molecule has 4 saturated heterocycles. The number of likely N-dealkylation sites (tertiary alicyclic amines) is 3. The summed E-state index contributed by atoms with van der Waals surface area (Å²) >= 11 is 0. The van der Waals surface area contributed by atoms with E-state index in [0.717, 1.165) is 97.5 Å². The van der Waals surface area contributed by atoms with Gasteiger partial charge in [0.15, 0.2) is 13.5 Å². The number of rotatable bonds is 20. The van der Waals surface area contributed by atoms with Crippen molar-refractivity contribution in [3.05, 3.63) is 101 Å². The number of alkyl carbamates (subject to hydrolysis) is 2. The van der Waals surface area contributed by atoms with Gasteiger partial charge >= 0.3 is 12.2 Å². The van der Waals surface area contributed by atoms with Crippen LogP contribution in [-0.4, -0.2) is 200 Å². The van der Waals surface area contributed by atoms with Gasteiger partial charge in [-0.15, -0.1) is 13.2 Å². The predicted octanol–water partition coefficient (Wildman–Crippen LogP) is 7.02. The van der Waals surface area contributed by atoms with E-state index in [2.05, 4.69) is 94.0 Å². The Morgan fingerprint density at radius 2 is 1.40 bits per heavy atom. The molecule has 8 rings (SSSR count). The zero-order valence-corrected chi connectivity index (χ0v) is 49.6. The van der Waals surface area contributed by atoms with Crippen molar-refractivity contribution < 1.29 is 28.7 Å². The van der Waals surface area contributed by atoms with Gasteiger partial charge in [0.25, 0.3) is 5.56 Å². The third-order valence-electron chi connectivity index (χ3n) is 15.7. The number of carbonyl (C=O) groups excluding carboxylic acids is 4. The lowest BCUT2D eigenvalue weighted by atomic mass is 9.89. The number of benzene rings is 2. The summed E-state index contributed by atoms with van der Waals surface area (Å²) in [6, 6.07) is 14.9. The summed E-state index contributed by atoms with van der Waals surface area (Å²) in [4.78, 5) is 74.9. The number of pyridine rings is 1. The van der Waals surface area contributed by atoms with Gasteiger partial charge in [-0.25, -0.2) is 14.3 Å². The van der Waals surface area contributed by atoms with E-state index in [9.17, 15) is 24.0 Å². The summed E-state index contributed by atoms with van der Waals surface area (Å²) < 4.78 is 13.6. The largest absolute Gasteiger partial charge is 0.428 e. The summed E-state index contributed by atoms with van der Waals surface area (Å²) in [6.45, 7) is 27.2. The highest BCUT2D eigenvalue weighted by molar-refractivity contribution is 5.84. The number of amides is 4. The first-order valence-corrected chi connectivity index (χ1v) is 29.3. The van der Waals surface area contributed by atoms with Gasteiger partial charge in [0.05, 0.1) is 17.1 Å². The molecule has 3 N–H and O–H groups in total. The van der Waals surface area contributed by atoms with Gasteiger partial charge in [-0.3, -0.25) is 23.9 Å². The third-order valence-corrected chi connectivity index (χ3v) is 15.7. The molecule has 4 aromatic rings. The number of aromatic nitrogens is 3. The van der Waals surface area contributed by atoms with Crippen LogP contribution in [0.25, 0.3) is 21.8 Å². The molecule has 442 valence electrons. The molecule has 4 aliphatic rings. The Hall–Kier alpha value is -6.12. The highest BCUT2D eigenvalue weighted by atomic mass is 16.6. The van der Waals surface area contributed by atoms with Crippen LogP contribution in [0.15, 0.2) is 78.8 Å². The number of piperazine rings is 1. The SMILES string of the molecule is C=CCCNC(=O)OCn1c(=O)c(C2CCN(C=O)CC2)cc2ccccc21.C=CCCNC(=O)OCn1cc2cc(CC(NC)C(=O)N3CCN(C4CCN(C)CC4)CC3)cc(C)c2n1.CC.CCCN(C)C1CCN(C)CC1. The van der Waals surface area contributed by atoms with Crippen LogP contribution in [0.4, 0.5) is 9.59 Å². The van der Waals surface area contributed by atoms with Crippen LogP contribution in [0.1, 0.15) is 101 Å². The summed E-state index contributed by atoms with van der Waals surface area (Å²) in [5.74, 6) is 0.251. The molecule has 2 aromatic carbocycles. The van der Waals surface area contributed by atoms with Crippen LogP contribution in [0.3, 0.4) is 0 Å². The van der Waals surface area contributed by atoms with Crippen molar-refractivity contribution in [1.29, 1.82) is 0 Å². The maximum atomic E-state index is 13.4. The molecule has 80 heavy (non-hydrogen) atoms. The first-order valence-electron chi connectivity index (χ1n) is 29.3. The molecule has 2 aromatic heterocycles. The Labute approximate surface area is 476 Å². The number of likely N-dealkylation sites (N-methyl/N-ethyl adjacent to an activating group) is 1. The summed E-state index contributed by atoms with van der Waals surface area (Å²) in [5, 5.41) is 15.0. The number of para-hydroxylation sites is 1. The summed E-state index contributed by atoms with van der Waals surface area (Å²) in [5.41, 5.74) is 4.25. The molecule has 0 bridgehead atoms. The molecular weight excluding hydrogens is 1010 g/mol. The van der Waals surface area contributed by atoms with Gasteiger partial charge in [0, 0.05) is 81.6 Å². The third kappa shape index (κ3) is 19.6. The molecule has 4 amide bonds. The minimum absolute atomic E-state index is 0.0323. The van der Waals surface area contributed by atoms with Gasteiger partial charge in [-0.2, -0.15) is 5.10 Å². The normalized spacial score (nSPS) is 17.3. The average Bonchev–Trinajstić information content (AvgIpc) is 3.94. The first-order chi connectivity index (χ1) is 38.7. The summed E-state index contributed by atoms with van der Waals surface area (Å²) in [7, 11) is 8.53. The van der Waals surface area contributed by atoms with Crippen LogP contribution in [-0.2, 0) is 38.9 Å². The van der Waals surface area contributed by atoms with Gasteiger partial charge in [-0.1, -0.05) is 57.2 Å². The second-order valence-corrected chi connectivity index (χ2v) is 21.4. The highest BCUT2D eigenvalue weighted by Crippen LogP contribution is 2.28. The topological polar surface area (TPSA) is 182 Å². The minimum atomic E-state index is -0.567. The number of nitrogens with one attached hydrogen (secondary N) is 3. The quantitative estimate of drug-likeness (QED) is 0.0467. The fraction of sp³-hybridized carbons (Fsp3) is 0.607. The molecule has 0 saturated carbocycles. The monoisotopic (exact) mass is 1110 g/mol. The van der Waals surface area contributed by atoms with Crippen molar-refractivity contribution in [2.45, 2.75) is 129 Å². The number of aryl methyl sites for hydroxylation is 1. The molecule has 6 heterocycles. The molecule has 19 heteroatoms. The Morgan fingerprint density at radius 1 is 0.800 bits per heavy atom. The number of piperidine rings is 3. The number of carbonyl (C=O) groups is 4. The van der Waals surface area contributed by atoms with Gasteiger partial charge < -0.3 is 49.9 Å². The smallest absolute Gasteiger partial charge is 0.408 e. The van der Waals surface area contributed by atoms with E-state index < -0.39 is 12.2 Å². The molecular formula is C61H96N12O7. The number of fused-ring (bicyclic) bond motifs is 2. The van der Waals surface area contributed by atoms with Crippen molar-refractivity contribution in [2.24, 2.45) is 0 Å². The van der Waals surface area contributed by atoms with E-state index in [4.69, 9.17) is 9.47 Å². The Bertz CT molecular complexity index is 2610. The fourth-order valence-electron chi connectivity index (χ4n) is 11.0. The zero-order chi connectivity index (χ0) is 58.0. The van der Waals surface area contributed by atoms with E-state index in [1.165, 1.54) is 56.3 Å². The van der Waals surface area contributed by atoms with E-state index in [1.54, 1.807) is 21.7 Å². The van der Waals surface area contributed by atoms with Crippen molar-refractivity contribution in [3.8, 4) is 0 Å². The molecule has 4 aliphatic heterocycles. The van der Waals surface area contributed by atoms with Crippen LogP contribution >= 0.6 is 0 Å². The van der Waals surface area contributed by atoms with Crippen molar-refractivity contribution in [3.63, 3.8) is 0 Å². The highest BCUT2D eigenvalue weighted by Gasteiger charge is 2.31. The van der Waals surface area contributed by atoms with Crippen LogP contribution in [0.5, 0.6) is 0 Å². The number of hydrogen-bond acceptors (Lipinski definition) is 13. The standard InChI is InChI=1S/C28H43N7O3.C21H25N3O4.C10H22N2.C2H6/c1-5-6-9-30-28(37)38-20-35-19-23-17-22(16-21(2)26(23)31-35)18-25(29-3)27(36)34-14-12-33(13-15-34)24-7-10-32(4)11-8-24;1-2-3-10-22-21(27)28-15-24-19-7-5-4-6-17(19)13-18(20(24)26)16-8-11-23(14-25)12-9-16;1-4-7-12(3)10-5-8-11(2)9-6-10;1-2/h5,16-17,19,24-25,29H,1,6-15,18,20H2,2-4H3,(H,30,37);2,4-7,13-14,16H,1,3,8-12,15H2,(H,22,27);10H,4-9H2,1-3H3;1-2H3. The van der Waals surface area contributed by atoms with E-state index >= 15 is 0 Å². The molecule has 4 fully saturated rings. The van der Waals surface area contributed by atoms with Crippen LogP contribution in [0, 0.1) is 6.92 Å². The first kappa shape index (κ1) is 64.7. The van der Waals surface area contributed by atoms with Crippen LogP contribution in [0.2, 0.25) is 0 Å². The lowest BCUT2D eigenvalue weighted by molar-refractivity contribution is -0.135. The maximum absolute atomic E-state index is 13.4. The van der Waals surface area contributed by atoms with Gasteiger partial charge in [-0.05, 0) is 173 Å². The minimum Gasteiger partial charge on any atom is -0.428 e. The average molecular weight is 1110 g/mol. The fourth-order valence-corrected chi connectivity index (χ4v) is 11.0. The van der Waals surface area contributed by atoms with E-state index in [-0.39, 0.29) is 36.9 Å². The Morgan fingerprint density at radius 3 is 1.99 bits per heavy atom. The van der Waals surface area contributed by atoms with E-state index in [0.29, 0.717) is 57.0 Å². The second kappa shape index (κ2) is 34.2. The lowest BCUT2D eigenvalue weighted by Gasteiger charge is -2.42. The number of ether oxygens (including phenoxy) is 2. The van der Waals surface area contributed by atoms with Crippen LogP contribution < -0.4 is 21.5 Å². The number of hydrogen-bond donors (Lipinski definition) is 3. The van der Waals surface area contributed by atoms with E-state index in [1.807, 2.05) is 69.2 Å². The molecule has 1 unspecified atom stereocenters. The Balaban J connectivity index is 0.000000244. The molecule has 1 atom stereocenters. The molecule has 0 spiro atoms. The van der Waals surface area contributed by atoms with Crippen molar-refractivity contribution in [2.75, 3.05) is 113 Å². The summed E-state index contributed by atoms with van der Waals surface area (Å²) in [6.07, 6.45) is 15.0. The van der Waals surface area contributed by atoms with Crippen molar-refractivity contribution in [1.82, 2.24) is 59.7 Å². The van der Waals surface area contributed by atoms with Gasteiger partial charge in [0.2, 0.25) is 12.3 Å². The molecule has 19 nitrogen and oxygen atoms in total. The predicted molar refractivity (Wildman–Crippen MR) is 321 cm³/mol. The van der Waals surface area contributed by atoms with Crippen molar-refractivity contribution >= 4 is 46.3 Å². The molecule has 0 aliphatic carbocycles. The Kier molecular flexibility index (Phi) is 27.7. The zero-order valence-electron chi connectivity index (χ0n) is 49.6. The second-order valence-electron chi connectivity index (χ2n) is 21.4. The van der Waals surface area contributed by atoms with Gasteiger partial charge in [0.1, 0.15) is 0 Å². The lowest BCUT2D eigenvalue weighted by Crippen LogP contribution is -2.57. The maximum Gasteiger partial charge on any atom is 0.408 e. The molecule has 0 radical (unpaired) electrons.